The molecule has 0 saturated heterocycles. The minimum absolute atomic E-state index is 0.0114. The molecule has 2 heterocycles. The van der Waals surface area contributed by atoms with Crippen LogP contribution in [0.3, 0.4) is 0 Å². The van der Waals surface area contributed by atoms with Crippen molar-refractivity contribution < 1.29 is 14.3 Å². The number of hydrogen-bond donors (Lipinski definition) is 0. The van der Waals surface area contributed by atoms with Crippen LogP contribution >= 0.6 is 0 Å². The molecular weight excluding hydrogens is 278 g/mol. The van der Waals surface area contributed by atoms with Crippen molar-refractivity contribution in [3.8, 4) is 11.5 Å². The summed E-state index contributed by atoms with van der Waals surface area (Å²) in [4.78, 5) is 14.8. The predicted molar refractivity (Wildman–Crippen MR) is 83.6 cm³/mol. The fraction of sp³-hybridized carbons (Fsp3) is 0.278. The van der Waals surface area contributed by atoms with Crippen molar-refractivity contribution >= 4 is 11.6 Å². The molecule has 2 aromatic carbocycles. The van der Waals surface area contributed by atoms with Gasteiger partial charge in [-0.05, 0) is 42.2 Å². The van der Waals surface area contributed by atoms with Crippen molar-refractivity contribution in [1.82, 2.24) is 0 Å². The molecule has 4 rings (SSSR count). The minimum Gasteiger partial charge on any atom is -0.454 e. The van der Waals surface area contributed by atoms with Gasteiger partial charge in [0.15, 0.2) is 11.5 Å². The van der Waals surface area contributed by atoms with E-state index < -0.39 is 0 Å². The maximum absolute atomic E-state index is 12.9. The van der Waals surface area contributed by atoms with E-state index in [1.54, 1.807) is 18.2 Å². The summed E-state index contributed by atoms with van der Waals surface area (Å²) < 4.78 is 10.7. The van der Waals surface area contributed by atoms with Crippen LogP contribution in [0.15, 0.2) is 42.5 Å². The van der Waals surface area contributed by atoms with E-state index in [2.05, 4.69) is 13.0 Å². The minimum atomic E-state index is 0.0114. The normalized spacial score (nSPS) is 19.0. The average molecular weight is 295 g/mol. The summed E-state index contributed by atoms with van der Waals surface area (Å²) in [5, 5.41) is 0. The third-order valence-corrected chi connectivity index (χ3v) is 4.21. The number of hydrogen-bond acceptors (Lipinski definition) is 3. The van der Waals surface area contributed by atoms with Crippen molar-refractivity contribution in [3.63, 3.8) is 0 Å². The summed E-state index contributed by atoms with van der Waals surface area (Å²) in [5.41, 5.74) is 2.88. The molecule has 0 radical (unpaired) electrons. The first-order chi connectivity index (χ1) is 10.7. The molecule has 0 saturated carbocycles. The molecule has 1 amide bonds. The van der Waals surface area contributed by atoms with Crippen LogP contribution in [0.25, 0.3) is 0 Å². The first-order valence-corrected chi connectivity index (χ1v) is 7.52. The Morgan fingerprint density at radius 2 is 1.95 bits per heavy atom. The summed E-state index contributed by atoms with van der Waals surface area (Å²) in [5.74, 6) is 1.80. The highest BCUT2D eigenvalue weighted by Gasteiger charge is 2.27. The number of ether oxygens (including phenoxy) is 2. The van der Waals surface area contributed by atoms with Gasteiger partial charge in [0.2, 0.25) is 6.79 Å². The van der Waals surface area contributed by atoms with Gasteiger partial charge in [0.25, 0.3) is 5.91 Å². The lowest BCUT2D eigenvalue weighted by atomic mass is 9.93. The second-order valence-corrected chi connectivity index (χ2v) is 5.92. The molecule has 0 bridgehead atoms. The Bertz CT molecular complexity index is 741. The average Bonchev–Trinajstić information content (AvgIpc) is 3.00. The third kappa shape index (κ3) is 2.11. The van der Waals surface area contributed by atoms with Crippen molar-refractivity contribution in [1.29, 1.82) is 0 Å². The molecule has 2 aliphatic rings. The van der Waals surface area contributed by atoms with Crippen LogP contribution in [0.2, 0.25) is 0 Å². The Morgan fingerprint density at radius 1 is 1.14 bits per heavy atom. The fourth-order valence-electron chi connectivity index (χ4n) is 3.17. The van der Waals surface area contributed by atoms with Crippen molar-refractivity contribution in [3.05, 3.63) is 53.6 Å². The van der Waals surface area contributed by atoms with Gasteiger partial charge in [0.1, 0.15) is 0 Å². The highest BCUT2D eigenvalue weighted by Crippen LogP contribution is 2.35. The topological polar surface area (TPSA) is 38.8 Å². The van der Waals surface area contributed by atoms with Crippen LogP contribution in [0.4, 0.5) is 5.69 Å². The second-order valence-electron chi connectivity index (χ2n) is 5.92. The summed E-state index contributed by atoms with van der Waals surface area (Å²) >= 11 is 0. The molecule has 2 aliphatic heterocycles. The lowest BCUT2D eigenvalue weighted by molar-refractivity contribution is 0.0980. The molecule has 112 valence electrons. The number of carbonyl (C=O) groups excluding carboxylic acids is 1. The molecular formula is C18H17NO3. The van der Waals surface area contributed by atoms with E-state index in [1.165, 1.54) is 5.56 Å². The predicted octanol–water partition coefficient (Wildman–Crippen LogP) is 3.25. The van der Waals surface area contributed by atoms with Crippen molar-refractivity contribution in [2.45, 2.75) is 13.3 Å². The van der Waals surface area contributed by atoms with Gasteiger partial charge in [-0.15, -0.1) is 0 Å². The van der Waals surface area contributed by atoms with Gasteiger partial charge in [-0.2, -0.15) is 0 Å². The second kappa shape index (κ2) is 5.05. The molecule has 0 N–H and O–H groups in total. The van der Waals surface area contributed by atoms with E-state index in [0.29, 0.717) is 23.0 Å². The molecule has 0 aromatic heterocycles. The Labute approximate surface area is 129 Å². The largest absolute Gasteiger partial charge is 0.454 e. The summed E-state index contributed by atoms with van der Waals surface area (Å²) in [6.45, 7) is 3.14. The van der Waals surface area contributed by atoms with E-state index in [4.69, 9.17) is 9.47 Å². The Morgan fingerprint density at radius 3 is 2.86 bits per heavy atom. The molecule has 4 heteroatoms. The molecule has 0 aliphatic carbocycles. The van der Waals surface area contributed by atoms with Gasteiger partial charge >= 0.3 is 0 Å². The Balaban J connectivity index is 1.71. The van der Waals surface area contributed by atoms with Crippen LogP contribution in [0.1, 0.15) is 22.8 Å². The standard InChI is InChI=1S/C18H17NO3/c1-12-8-13-4-2-3-5-15(13)19(10-12)18(20)14-6-7-16-17(9-14)22-11-21-16/h2-7,9,12H,8,10-11H2,1H3. The van der Waals surface area contributed by atoms with Gasteiger partial charge in [0.05, 0.1) is 0 Å². The zero-order chi connectivity index (χ0) is 15.1. The zero-order valence-electron chi connectivity index (χ0n) is 12.4. The summed E-state index contributed by atoms with van der Waals surface area (Å²) in [6, 6.07) is 13.5. The summed E-state index contributed by atoms with van der Waals surface area (Å²) in [6.07, 6.45) is 1.01. The number of benzene rings is 2. The monoisotopic (exact) mass is 295 g/mol. The van der Waals surface area contributed by atoms with Crippen molar-refractivity contribution in [2.75, 3.05) is 18.2 Å². The van der Waals surface area contributed by atoms with E-state index >= 15 is 0 Å². The molecule has 0 spiro atoms. The molecule has 1 atom stereocenters. The molecule has 1 unspecified atom stereocenters. The number of fused-ring (bicyclic) bond motifs is 2. The third-order valence-electron chi connectivity index (χ3n) is 4.21. The van der Waals surface area contributed by atoms with Crippen LogP contribution in [-0.4, -0.2) is 19.2 Å². The van der Waals surface area contributed by atoms with Crippen LogP contribution in [0, 0.1) is 5.92 Å². The molecule has 4 nitrogen and oxygen atoms in total. The number of amides is 1. The first kappa shape index (κ1) is 13.2. The van der Waals surface area contributed by atoms with E-state index in [-0.39, 0.29) is 12.7 Å². The quantitative estimate of drug-likeness (QED) is 0.810. The maximum Gasteiger partial charge on any atom is 0.258 e. The van der Waals surface area contributed by atoms with E-state index in [9.17, 15) is 4.79 Å². The number of nitrogens with zero attached hydrogens (tertiary/aromatic N) is 1. The van der Waals surface area contributed by atoms with E-state index in [1.807, 2.05) is 23.1 Å². The number of rotatable bonds is 1. The highest BCUT2D eigenvalue weighted by atomic mass is 16.7. The fourth-order valence-corrected chi connectivity index (χ4v) is 3.17. The lowest BCUT2D eigenvalue weighted by Gasteiger charge is -2.33. The van der Waals surface area contributed by atoms with Crippen LogP contribution in [-0.2, 0) is 6.42 Å². The smallest absolute Gasteiger partial charge is 0.258 e. The van der Waals surface area contributed by atoms with Gasteiger partial charge < -0.3 is 14.4 Å². The van der Waals surface area contributed by atoms with Gasteiger partial charge in [0, 0.05) is 17.8 Å². The number of para-hydroxylation sites is 1. The summed E-state index contributed by atoms with van der Waals surface area (Å²) in [7, 11) is 0. The first-order valence-electron chi connectivity index (χ1n) is 7.52. The SMILES string of the molecule is CC1Cc2ccccc2N(C(=O)c2ccc3c(c2)OCO3)C1. The number of carbonyl (C=O) groups is 1. The Hall–Kier alpha value is -2.49. The molecule has 2 aromatic rings. The van der Waals surface area contributed by atoms with Crippen molar-refractivity contribution in [2.24, 2.45) is 5.92 Å². The lowest BCUT2D eigenvalue weighted by Crippen LogP contribution is -2.39. The molecule has 0 fully saturated rings. The maximum atomic E-state index is 12.9. The van der Waals surface area contributed by atoms with Gasteiger partial charge in [-0.25, -0.2) is 0 Å². The zero-order valence-corrected chi connectivity index (χ0v) is 12.4. The number of anilines is 1. The highest BCUT2D eigenvalue weighted by molar-refractivity contribution is 6.07. The van der Waals surface area contributed by atoms with Gasteiger partial charge in [-0.1, -0.05) is 25.1 Å². The van der Waals surface area contributed by atoms with Crippen LogP contribution in [0.5, 0.6) is 11.5 Å². The Kier molecular flexibility index (Phi) is 3.03. The van der Waals surface area contributed by atoms with E-state index in [0.717, 1.165) is 18.7 Å². The molecule has 22 heavy (non-hydrogen) atoms. The van der Waals surface area contributed by atoms with Crippen LogP contribution < -0.4 is 14.4 Å². The van der Waals surface area contributed by atoms with Gasteiger partial charge in [-0.3, -0.25) is 4.79 Å².